The van der Waals surface area contributed by atoms with Crippen molar-refractivity contribution in [1.82, 2.24) is 10.6 Å². The maximum atomic E-state index is 12.4. The molecule has 2 amide bonds. The average molecular weight is 335 g/mol. The number of hydrogen-bond acceptors (Lipinski definition) is 3. The first kappa shape index (κ1) is 15.1. The summed E-state index contributed by atoms with van der Waals surface area (Å²) < 4.78 is 0. The second-order valence-corrected chi connectivity index (χ2v) is 6.43. The summed E-state index contributed by atoms with van der Waals surface area (Å²) in [5, 5.41) is 10.4. The van der Waals surface area contributed by atoms with Gasteiger partial charge in [0.15, 0.2) is 0 Å². The van der Waals surface area contributed by atoms with Gasteiger partial charge in [-0.25, -0.2) is 0 Å². The van der Waals surface area contributed by atoms with E-state index < -0.39 is 6.04 Å². The van der Waals surface area contributed by atoms with Gasteiger partial charge in [0.25, 0.3) is 0 Å². The maximum Gasteiger partial charge on any atom is 0.243 e. The van der Waals surface area contributed by atoms with E-state index in [-0.39, 0.29) is 17.9 Å². The highest BCUT2D eigenvalue weighted by Crippen LogP contribution is 2.26. The first-order valence-corrected chi connectivity index (χ1v) is 8.33. The Morgan fingerprint density at radius 3 is 2.64 bits per heavy atom. The van der Waals surface area contributed by atoms with Crippen LogP contribution in [-0.2, 0) is 9.59 Å². The Morgan fingerprint density at radius 1 is 1.27 bits per heavy atom. The summed E-state index contributed by atoms with van der Waals surface area (Å²) in [6, 6.07) is 8.71. The third kappa shape index (κ3) is 3.31. The summed E-state index contributed by atoms with van der Waals surface area (Å²) in [5.41, 5.74) is 1.98. The summed E-state index contributed by atoms with van der Waals surface area (Å²) in [4.78, 5) is 23.7. The van der Waals surface area contributed by atoms with Crippen LogP contribution in [0.15, 0.2) is 41.1 Å². The van der Waals surface area contributed by atoms with Gasteiger partial charge in [-0.3, -0.25) is 9.59 Å². The van der Waals surface area contributed by atoms with Crippen molar-refractivity contribution in [3.8, 4) is 0 Å². The van der Waals surface area contributed by atoms with E-state index in [0.29, 0.717) is 17.9 Å². The molecule has 6 heteroatoms. The van der Waals surface area contributed by atoms with Crippen LogP contribution in [-0.4, -0.2) is 17.9 Å². The minimum Gasteiger partial charge on any atom is -0.344 e. The molecule has 0 spiro atoms. The third-order valence-electron chi connectivity index (χ3n) is 3.68. The van der Waals surface area contributed by atoms with E-state index in [0.717, 1.165) is 11.1 Å². The standard InChI is InChI=1S/C16H15ClN2O2S/c17-12-3-1-10(2-4-12)15(11-7-8-22-9-11)19-16(21)13-5-6-14(20)18-13/h1-4,7-9,13,15H,5-6H2,(H,18,20)(H,19,21)/t13-,15+/m1/s1. The summed E-state index contributed by atoms with van der Waals surface area (Å²) in [6.45, 7) is 0. The minimum atomic E-state index is -0.444. The number of benzene rings is 1. The van der Waals surface area contributed by atoms with E-state index in [1.165, 1.54) is 0 Å². The number of halogens is 1. The van der Waals surface area contributed by atoms with Crippen LogP contribution in [0.3, 0.4) is 0 Å². The van der Waals surface area contributed by atoms with Gasteiger partial charge in [-0.15, -0.1) is 0 Å². The third-order valence-corrected chi connectivity index (χ3v) is 4.63. The fourth-order valence-electron chi connectivity index (χ4n) is 2.51. The lowest BCUT2D eigenvalue weighted by Crippen LogP contribution is -2.43. The molecule has 0 aliphatic carbocycles. The van der Waals surface area contributed by atoms with Crippen LogP contribution < -0.4 is 10.6 Å². The predicted molar refractivity (Wildman–Crippen MR) is 86.9 cm³/mol. The fourth-order valence-corrected chi connectivity index (χ4v) is 3.32. The zero-order valence-corrected chi connectivity index (χ0v) is 13.3. The van der Waals surface area contributed by atoms with Crippen LogP contribution in [0.4, 0.5) is 0 Å². The molecular formula is C16H15ClN2O2S. The maximum absolute atomic E-state index is 12.4. The van der Waals surface area contributed by atoms with Crippen LogP contribution >= 0.6 is 22.9 Å². The number of carbonyl (C=O) groups excluding carboxylic acids is 2. The van der Waals surface area contributed by atoms with E-state index in [4.69, 9.17) is 11.6 Å². The molecule has 0 saturated carbocycles. The zero-order valence-electron chi connectivity index (χ0n) is 11.7. The Balaban J connectivity index is 1.81. The topological polar surface area (TPSA) is 58.2 Å². The molecule has 2 aromatic rings. The highest BCUT2D eigenvalue weighted by atomic mass is 35.5. The van der Waals surface area contributed by atoms with E-state index in [9.17, 15) is 9.59 Å². The Morgan fingerprint density at radius 2 is 2.05 bits per heavy atom. The second kappa shape index (κ2) is 6.50. The lowest BCUT2D eigenvalue weighted by Gasteiger charge is -2.21. The predicted octanol–water partition coefficient (Wildman–Crippen LogP) is 2.89. The van der Waals surface area contributed by atoms with Gasteiger partial charge in [-0.1, -0.05) is 23.7 Å². The van der Waals surface area contributed by atoms with Gasteiger partial charge < -0.3 is 10.6 Å². The Labute approximate surface area is 137 Å². The molecule has 3 rings (SSSR count). The molecule has 2 atom stereocenters. The zero-order chi connectivity index (χ0) is 15.5. The molecule has 114 valence electrons. The molecule has 1 aromatic carbocycles. The van der Waals surface area contributed by atoms with Gasteiger partial charge in [-0.2, -0.15) is 11.3 Å². The molecule has 1 aromatic heterocycles. The van der Waals surface area contributed by atoms with E-state index in [2.05, 4.69) is 10.6 Å². The van der Waals surface area contributed by atoms with Gasteiger partial charge in [0, 0.05) is 11.4 Å². The SMILES string of the molecule is O=C1CC[C@H](C(=O)N[C@@H](c2ccc(Cl)cc2)c2ccsc2)N1. The number of rotatable bonds is 4. The lowest BCUT2D eigenvalue weighted by molar-refractivity contribution is -0.126. The van der Waals surface area contributed by atoms with Crippen LogP contribution in [0.5, 0.6) is 0 Å². The van der Waals surface area contributed by atoms with Gasteiger partial charge in [0.05, 0.1) is 6.04 Å². The van der Waals surface area contributed by atoms with Crippen LogP contribution in [0.25, 0.3) is 0 Å². The van der Waals surface area contributed by atoms with Crippen molar-refractivity contribution in [2.24, 2.45) is 0 Å². The lowest BCUT2D eigenvalue weighted by atomic mass is 10.0. The quantitative estimate of drug-likeness (QED) is 0.903. The normalized spacial score (nSPS) is 18.8. The second-order valence-electron chi connectivity index (χ2n) is 5.21. The molecule has 0 radical (unpaired) electrons. The Hall–Kier alpha value is -1.85. The highest BCUT2D eigenvalue weighted by molar-refractivity contribution is 7.08. The first-order valence-electron chi connectivity index (χ1n) is 7.01. The monoisotopic (exact) mass is 334 g/mol. The molecule has 4 nitrogen and oxygen atoms in total. The molecule has 2 heterocycles. The molecule has 0 bridgehead atoms. The number of thiophene rings is 1. The summed E-state index contributed by atoms with van der Waals surface area (Å²) in [7, 11) is 0. The van der Waals surface area contributed by atoms with Gasteiger partial charge in [0.2, 0.25) is 11.8 Å². The minimum absolute atomic E-state index is 0.0706. The molecule has 2 N–H and O–H groups in total. The smallest absolute Gasteiger partial charge is 0.243 e. The largest absolute Gasteiger partial charge is 0.344 e. The van der Waals surface area contributed by atoms with Gasteiger partial charge >= 0.3 is 0 Å². The fraction of sp³-hybridized carbons (Fsp3) is 0.250. The van der Waals surface area contributed by atoms with Crippen molar-refractivity contribution in [3.63, 3.8) is 0 Å². The number of nitrogens with one attached hydrogen (secondary N) is 2. The average Bonchev–Trinajstić information content (AvgIpc) is 3.17. The molecule has 1 aliphatic heterocycles. The van der Waals surface area contributed by atoms with Crippen LogP contribution in [0, 0.1) is 0 Å². The van der Waals surface area contributed by atoms with Crippen LogP contribution in [0.2, 0.25) is 5.02 Å². The molecule has 1 fully saturated rings. The Kier molecular flexibility index (Phi) is 4.45. The number of carbonyl (C=O) groups is 2. The Bertz CT molecular complexity index is 670. The van der Waals surface area contributed by atoms with E-state index in [1.807, 2.05) is 29.0 Å². The van der Waals surface area contributed by atoms with Crippen molar-refractivity contribution in [3.05, 3.63) is 57.2 Å². The van der Waals surface area contributed by atoms with Crippen molar-refractivity contribution in [2.45, 2.75) is 24.9 Å². The summed E-state index contributed by atoms with van der Waals surface area (Å²) >= 11 is 7.51. The van der Waals surface area contributed by atoms with Crippen molar-refractivity contribution < 1.29 is 9.59 Å². The summed E-state index contributed by atoms with van der Waals surface area (Å²) in [5.74, 6) is -0.226. The molecule has 1 aliphatic rings. The number of hydrogen-bond donors (Lipinski definition) is 2. The van der Waals surface area contributed by atoms with E-state index >= 15 is 0 Å². The van der Waals surface area contributed by atoms with Crippen LogP contribution in [0.1, 0.15) is 30.0 Å². The summed E-state index contributed by atoms with van der Waals surface area (Å²) in [6.07, 6.45) is 0.948. The first-order chi connectivity index (χ1) is 10.6. The van der Waals surface area contributed by atoms with Crippen molar-refractivity contribution >= 4 is 34.8 Å². The van der Waals surface area contributed by atoms with E-state index in [1.54, 1.807) is 23.5 Å². The molecule has 0 unspecified atom stereocenters. The van der Waals surface area contributed by atoms with Crippen molar-refractivity contribution in [1.29, 1.82) is 0 Å². The molecular weight excluding hydrogens is 320 g/mol. The highest BCUT2D eigenvalue weighted by Gasteiger charge is 2.29. The van der Waals surface area contributed by atoms with Crippen molar-refractivity contribution in [2.75, 3.05) is 0 Å². The molecule has 22 heavy (non-hydrogen) atoms. The number of amides is 2. The van der Waals surface area contributed by atoms with Gasteiger partial charge in [0.1, 0.15) is 6.04 Å². The van der Waals surface area contributed by atoms with Gasteiger partial charge in [-0.05, 0) is 46.5 Å². The molecule has 1 saturated heterocycles.